The van der Waals surface area contributed by atoms with Gasteiger partial charge >= 0.3 is 12.1 Å². The highest BCUT2D eigenvalue weighted by Crippen LogP contribution is 2.44. The van der Waals surface area contributed by atoms with Gasteiger partial charge < -0.3 is 16.2 Å². The average molecular weight is 539 g/mol. The third-order valence-corrected chi connectivity index (χ3v) is 7.72. The smallest absolute Gasteiger partial charge is 0.391 e. The normalized spacial score (nSPS) is 19.2. The number of benzene rings is 3. The van der Waals surface area contributed by atoms with Crippen molar-refractivity contribution in [1.82, 2.24) is 5.32 Å². The Kier molecular flexibility index (Phi) is 9.07. The van der Waals surface area contributed by atoms with Crippen LogP contribution in [0.4, 0.5) is 13.2 Å². The van der Waals surface area contributed by atoms with Crippen molar-refractivity contribution < 1.29 is 27.9 Å². The van der Waals surface area contributed by atoms with Crippen molar-refractivity contribution in [3.05, 3.63) is 95.6 Å². The van der Waals surface area contributed by atoms with Crippen molar-refractivity contribution in [3.63, 3.8) is 0 Å². The number of carbonyl (C=O) groups excluding carboxylic acids is 1. The molecule has 5 nitrogen and oxygen atoms in total. The molecule has 0 aliphatic heterocycles. The van der Waals surface area contributed by atoms with Crippen molar-refractivity contribution in [2.45, 2.75) is 50.2 Å². The molecule has 39 heavy (non-hydrogen) atoms. The van der Waals surface area contributed by atoms with Crippen molar-refractivity contribution in [2.24, 2.45) is 17.6 Å². The summed E-state index contributed by atoms with van der Waals surface area (Å²) < 4.78 is 39.9. The van der Waals surface area contributed by atoms with Crippen LogP contribution in [0.5, 0.6) is 0 Å². The van der Waals surface area contributed by atoms with Gasteiger partial charge in [-0.2, -0.15) is 13.2 Å². The molecule has 0 heterocycles. The van der Waals surface area contributed by atoms with Crippen LogP contribution in [0.3, 0.4) is 0 Å². The van der Waals surface area contributed by atoms with E-state index in [2.05, 4.69) is 5.32 Å². The first kappa shape index (κ1) is 28.4. The largest absolute Gasteiger partial charge is 0.480 e. The highest BCUT2D eigenvalue weighted by molar-refractivity contribution is 5.94. The minimum atomic E-state index is -4.17. The van der Waals surface area contributed by atoms with Gasteiger partial charge in [0.05, 0.1) is 5.92 Å². The van der Waals surface area contributed by atoms with Gasteiger partial charge in [0, 0.05) is 18.0 Å². The van der Waals surface area contributed by atoms with E-state index in [9.17, 15) is 22.8 Å². The van der Waals surface area contributed by atoms with Gasteiger partial charge in [0.25, 0.3) is 5.91 Å². The summed E-state index contributed by atoms with van der Waals surface area (Å²) in [6.45, 7) is 0.302. The molecular weight excluding hydrogens is 505 g/mol. The zero-order valence-corrected chi connectivity index (χ0v) is 21.5. The number of alkyl halides is 3. The van der Waals surface area contributed by atoms with Crippen LogP contribution in [0.15, 0.2) is 78.9 Å². The SMILES string of the molecule is N[C@@H](Cc1ccc(C(=O)NC[C@@H](c2ccc(-c3ccccc3)cc2)C2CCC(C(F)(F)F)CC2)cc1)C(=O)O. The lowest BCUT2D eigenvalue weighted by molar-refractivity contribution is -0.184. The van der Waals surface area contributed by atoms with Crippen molar-refractivity contribution >= 4 is 11.9 Å². The fraction of sp³-hybridized carbons (Fsp3) is 0.355. The van der Waals surface area contributed by atoms with E-state index in [-0.39, 0.29) is 37.0 Å². The maximum absolute atomic E-state index is 13.3. The van der Waals surface area contributed by atoms with Crippen molar-refractivity contribution in [3.8, 4) is 11.1 Å². The summed E-state index contributed by atoms with van der Waals surface area (Å²) in [4.78, 5) is 23.9. The molecule has 1 saturated carbocycles. The number of rotatable bonds is 9. The van der Waals surface area contributed by atoms with Crippen molar-refractivity contribution in [1.29, 1.82) is 0 Å². The highest BCUT2D eigenvalue weighted by atomic mass is 19.4. The van der Waals surface area contributed by atoms with Crippen LogP contribution in [-0.2, 0) is 11.2 Å². The summed E-state index contributed by atoms with van der Waals surface area (Å²) in [6, 6.07) is 23.5. The molecule has 0 aromatic heterocycles. The first-order valence-corrected chi connectivity index (χ1v) is 13.2. The Morgan fingerprint density at radius 2 is 1.46 bits per heavy atom. The van der Waals surface area contributed by atoms with Crippen LogP contribution >= 0.6 is 0 Å². The minimum absolute atomic E-state index is 0.0198. The van der Waals surface area contributed by atoms with E-state index < -0.39 is 24.1 Å². The molecule has 4 N–H and O–H groups in total. The molecule has 206 valence electrons. The maximum atomic E-state index is 13.3. The van der Waals surface area contributed by atoms with Crippen LogP contribution in [0.1, 0.15) is 53.1 Å². The van der Waals surface area contributed by atoms with Crippen LogP contribution in [0.2, 0.25) is 0 Å². The van der Waals surface area contributed by atoms with E-state index in [0.29, 0.717) is 30.5 Å². The second-order valence-corrected chi connectivity index (χ2v) is 10.3. The minimum Gasteiger partial charge on any atom is -0.480 e. The van der Waals surface area contributed by atoms with E-state index in [1.807, 2.05) is 54.6 Å². The lowest BCUT2D eigenvalue weighted by atomic mass is 9.73. The molecule has 0 radical (unpaired) electrons. The van der Waals surface area contributed by atoms with Gasteiger partial charge in [-0.05, 0) is 72.4 Å². The summed E-state index contributed by atoms with van der Waals surface area (Å²) in [7, 11) is 0. The second kappa shape index (κ2) is 12.5. The number of halogens is 3. The molecule has 2 atom stereocenters. The zero-order valence-electron chi connectivity index (χ0n) is 21.5. The Bertz CT molecular complexity index is 1240. The first-order valence-electron chi connectivity index (χ1n) is 13.2. The molecule has 3 aromatic rings. The number of hydrogen-bond acceptors (Lipinski definition) is 3. The van der Waals surface area contributed by atoms with Gasteiger partial charge in [-0.15, -0.1) is 0 Å². The average Bonchev–Trinajstić information content (AvgIpc) is 2.94. The highest BCUT2D eigenvalue weighted by Gasteiger charge is 2.42. The number of nitrogens with one attached hydrogen (secondary N) is 1. The van der Waals surface area contributed by atoms with Gasteiger partial charge in [0.1, 0.15) is 6.04 Å². The third-order valence-electron chi connectivity index (χ3n) is 7.72. The van der Waals surface area contributed by atoms with E-state index in [4.69, 9.17) is 10.8 Å². The Morgan fingerprint density at radius 1 is 0.872 bits per heavy atom. The molecule has 0 bridgehead atoms. The molecular formula is C31H33F3N2O3. The number of carboxylic acid groups (broad SMARTS) is 1. The van der Waals surface area contributed by atoms with Gasteiger partial charge in [-0.1, -0.05) is 66.7 Å². The van der Waals surface area contributed by atoms with Gasteiger partial charge in [0.2, 0.25) is 0 Å². The molecule has 1 aliphatic carbocycles. The van der Waals surface area contributed by atoms with Crippen LogP contribution in [-0.4, -0.2) is 35.7 Å². The topological polar surface area (TPSA) is 92.4 Å². The number of amides is 1. The zero-order chi connectivity index (χ0) is 28.0. The Hall–Kier alpha value is -3.65. The van der Waals surface area contributed by atoms with E-state index in [1.54, 1.807) is 24.3 Å². The van der Waals surface area contributed by atoms with Gasteiger partial charge in [-0.25, -0.2) is 0 Å². The second-order valence-electron chi connectivity index (χ2n) is 10.3. The molecule has 0 spiro atoms. The number of carboxylic acids is 1. The molecule has 1 aliphatic rings. The number of hydrogen-bond donors (Lipinski definition) is 3. The number of nitrogens with two attached hydrogens (primary N) is 1. The summed E-state index contributed by atoms with van der Waals surface area (Å²) in [6.07, 6.45) is -2.93. The lowest BCUT2D eigenvalue weighted by Gasteiger charge is -2.35. The predicted octanol–water partition coefficient (Wildman–Crippen LogP) is 6.19. The Morgan fingerprint density at radius 3 is 2.03 bits per heavy atom. The van der Waals surface area contributed by atoms with E-state index in [0.717, 1.165) is 16.7 Å². The summed E-state index contributed by atoms with van der Waals surface area (Å²) in [5, 5.41) is 12.0. The fourth-order valence-corrected chi connectivity index (χ4v) is 5.40. The summed E-state index contributed by atoms with van der Waals surface area (Å²) in [5.74, 6) is -2.76. The lowest BCUT2D eigenvalue weighted by Crippen LogP contribution is -2.35. The third kappa shape index (κ3) is 7.47. The molecule has 0 saturated heterocycles. The molecule has 1 fully saturated rings. The quantitative estimate of drug-likeness (QED) is 0.303. The summed E-state index contributed by atoms with van der Waals surface area (Å²) >= 11 is 0. The van der Waals surface area contributed by atoms with E-state index >= 15 is 0 Å². The number of carbonyl (C=O) groups is 2. The number of aliphatic carboxylic acids is 1. The van der Waals surface area contributed by atoms with E-state index in [1.165, 1.54) is 0 Å². The van der Waals surface area contributed by atoms with Crippen LogP contribution < -0.4 is 11.1 Å². The monoisotopic (exact) mass is 538 g/mol. The molecule has 1 amide bonds. The van der Waals surface area contributed by atoms with Gasteiger partial charge in [-0.3, -0.25) is 9.59 Å². The molecule has 3 aromatic carbocycles. The van der Waals surface area contributed by atoms with Crippen LogP contribution in [0.25, 0.3) is 11.1 Å². The standard InChI is InChI=1S/C31H33F3N2O3/c32-31(33,34)26-16-14-24(15-17-26)27(23-12-10-22(11-13-23)21-4-2-1-3-5-21)19-36-29(37)25-8-6-20(7-9-25)18-28(35)30(38)39/h1-13,24,26-28H,14-19,35H2,(H,36,37)(H,38,39)/t24?,26?,27-,28-/m0/s1. The van der Waals surface area contributed by atoms with Crippen LogP contribution in [0, 0.1) is 11.8 Å². The first-order chi connectivity index (χ1) is 18.6. The molecule has 8 heteroatoms. The summed E-state index contributed by atoms with van der Waals surface area (Å²) in [5.41, 5.74) is 9.83. The maximum Gasteiger partial charge on any atom is 0.391 e. The van der Waals surface area contributed by atoms with Gasteiger partial charge in [0.15, 0.2) is 0 Å². The molecule has 0 unspecified atom stereocenters. The predicted molar refractivity (Wildman–Crippen MR) is 144 cm³/mol. The Labute approximate surface area is 226 Å². The van der Waals surface area contributed by atoms with Crippen molar-refractivity contribution in [2.75, 3.05) is 6.54 Å². The fourth-order valence-electron chi connectivity index (χ4n) is 5.40. The molecule has 4 rings (SSSR count). The Balaban J connectivity index is 1.47.